The van der Waals surface area contributed by atoms with Crippen molar-refractivity contribution < 1.29 is 32.9 Å². The van der Waals surface area contributed by atoms with Crippen LogP contribution in [-0.4, -0.2) is 62.3 Å². The van der Waals surface area contributed by atoms with Crippen molar-refractivity contribution in [1.82, 2.24) is 20.5 Å². The van der Waals surface area contributed by atoms with E-state index in [4.69, 9.17) is 16.3 Å². The zero-order valence-electron chi connectivity index (χ0n) is 23.4. The average Bonchev–Trinajstić information content (AvgIpc) is 3.64. The van der Waals surface area contributed by atoms with E-state index >= 15 is 0 Å². The molecule has 9 nitrogen and oxygen atoms in total. The lowest BCUT2D eigenvalue weighted by atomic mass is 9.98. The lowest BCUT2D eigenvalue weighted by molar-refractivity contribution is -0.137. The van der Waals surface area contributed by atoms with Crippen LogP contribution < -0.4 is 10.2 Å². The number of aliphatic hydroxyl groups excluding tert-OH is 1. The number of hydrogen-bond acceptors (Lipinski definition) is 8. The van der Waals surface area contributed by atoms with Gasteiger partial charge in [0.15, 0.2) is 5.13 Å². The van der Waals surface area contributed by atoms with Crippen LogP contribution in [0.5, 0.6) is 5.88 Å². The molecule has 0 bridgehead atoms. The molecule has 43 heavy (non-hydrogen) atoms. The van der Waals surface area contributed by atoms with E-state index in [1.807, 2.05) is 0 Å². The van der Waals surface area contributed by atoms with E-state index in [0.717, 1.165) is 28.3 Å². The third-order valence-corrected chi connectivity index (χ3v) is 8.16. The lowest BCUT2D eigenvalue weighted by Gasteiger charge is -2.22. The normalized spacial score (nSPS) is 18.0. The minimum absolute atomic E-state index is 0.0626. The van der Waals surface area contributed by atoms with Crippen LogP contribution in [-0.2, 0) is 10.9 Å². The van der Waals surface area contributed by atoms with Crippen LogP contribution in [0.3, 0.4) is 0 Å². The predicted molar refractivity (Wildman–Crippen MR) is 159 cm³/mol. The third-order valence-electron chi connectivity index (χ3n) is 6.81. The molecule has 0 unspecified atom stereocenters. The molecule has 3 heterocycles. The van der Waals surface area contributed by atoms with Crippen molar-refractivity contribution in [2.75, 3.05) is 18.1 Å². The molecular formula is C29H29ClF3N5O4S. The molecule has 2 aromatic carbocycles. The number of ether oxygens (including phenoxy) is 1. The first-order valence-electron chi connectivity index (χ1n) is 13.3. The van der Waals surface area contributed by atoms with Crippen LogP contribution in [0.2, 0.25) is 5.02 Å². The first-order valence-corrected chi connectivity index (χ1v) is 14.5. The number of benzene rings is 2. The number of alkyl halides is 3. The second-order valence-corrected chi connectivity index (χ2v) is 12.6. The Labute approximate surface area is 254 Å². The van der Waals surface area contributed by atoms with E-state index in [2.05, 4.69) is 20.5 Å². The van der Waals surface area contributed by atoms with Gasteiger partial charge in [-0.25, -0.2) is 4.79 Å². The smallest absolute Gasteiger partial charge is 0.417 e. The quantitative estimate of drug-likeness (QED) is 0.180. The molecule has 0 aliphatic carbocycles. The van der Waals surface area contributed by atoms with Gasteiger partial charge in [0.25, 0.3) is 0 Å². The van der Waals surface area contributed by atoms with Gasteiger partial charge in [-0.3, -0.25) is 5.10 Å². The van der Waals surface area contributed by atoms with E-state index in [1.54, 1.807) is 50.1 Å². The molecule has 2 aromatic heterocycles. The van der Waals surface area contributed by atoms with Gasteiger partial charge in [0.1, 0.15) is 10.5 Å². The molecule has 4 aromatic rings. The monoisotopic (exact) mass is 635 g/mol. The lowest BCUT2D eigenvalue weighted by Crippen LogP contribution is -2.40. The van der Waals surface area contributed by atoms with Gasteiger partial charge in [0, 0.05) is 22.5 Å². The number of halogens is 4. The van der Waals surface area contributed by atoms with E-state index < -0.39 is 29.5 Å². The van der Waals surface area contributed by atoms with E-state index in [9.17, 15) is 28.2 Å². The predicted octanol–water partition coefficient (Wildman–Crippen LogP) is 6.45. The average molecular weight is 636 g/mol. The van der Waals surface area contributed by atoms with Gasteiger partial charge in [0.2, 0.25) is 5.88 Å². The summed E-state index contributed by atoms with van der Waals surface area (Å²) in [5, 5.41) is 31.8. The Morgan fingerprint density at radius 2 is 2.02 bits per heavy atom. The van der Waals surface area contributed by atoms with Crippen molar-refractivity contribution in [2.24, 2.45) is 0 Å². The fraction of sp³-hybridized carbons (Fsp3) is 0.345. The number of aromatic nitrogens is 3. The maximum absolute atomic E-state index is 14.0. The summed E-state index contributed by atoms with van der Waals surface area (Å²) in [7, 11) is 0. The van der Waals surface area contributed by atoms with E-state index in [0.29, 0.717) is 22.7 Å². The molecule has 14 heteroatoms. The summed E-state index contributed by atoms with van der Waals surface area (Å²) in [4.78, 5) is 18.7. The number of carbonyl (C=O) groups is 1. The summed E-state index contributed by atoms with van der Waals surface area (Å²) in [6.45, 7) is 5.27. The summed E-state index contributed by atoms with van der Waals surface area (Å²) >= 11 is 6.97. The summed E-state index contributed by atoms with van der Waals surface area (Å²) in [6, 6.07) is 7.90. The van der Waals surface area contributed by atoms with Crippen LogP contribution in [0.4, 0.5) is 23.1 Å². The number of aromatic hydroxyl groups is 1. The van der Waals surface area contributed by atoms with Gasteiger partial charge < -0.3 is 25.2 Å². The highest BCUT2D eigenvalue weighted by atomic mass is 35.5. The zero-order chi connectivity index (χ0) is 31.1. The standard InChI is InChI=1S/C29H29ClF3N5O4S/c1-28(2,3)42-27(41)35-19-11-20(14-39)38(13-19)26-36-25(40)24(43-26)21(15-5-7-23-17(8-15)12-34-37-23)9-16-4-6-18(30)10-22(16)29(31,32)33/h4-10,12,19-20,39-40H,11,13-14H2,1-3H3,(H,34,37)(H,35,41)/t19-,20-/m1/s1. The number of rotatable bonds is 6. The topological polar surface area (TPSA) is 124 Å². The number of anilines is 1. The van der Waals surface area contributed by atoms with Crippen molar-refractivity contribution in [1.29, 1.82) is 0 Å². The van der Waals surface area contributed by atoms with Gasteiger partial charge in [-0.2, -0.15) is 23.3 Å². The molecule has 1 aliphatic rings. The number of nitrogens with one attached hydrogen (secondary N) is 2. The summed E-state index contributed by atoms with van der Waals surface area (Å²) in [5.41, 5.74) is -0.224. The Bertz CT molecular complexity index is 1680. The van der Waals surface area contributed by atoms with Crippen molar-refractivity contribution >= 4 is 56.7 Å². The van der Waals surface area contributed by atoms with Crippen LogP contribution in [0.15, 0.2) is 42.6 Å². The second-order valence-electron chi connectivity index (χ2n) is 11.2. The molecule has 1 saturated heterocycles. The number of H-pyrrole nitrogens is 1. The highest BCUT2D eigenvalue weighted by Crippen LogP contribution is 2.43. The maximum atomic E-state index is 14.0. The Morgan fingerprint density at radius 1 is 1.26 bits per heavy atom. The number of aliphatic hydroxyl groups is 1. The molecular weight excluding hydrogens is 607 g/mol. The Balaban J connectivity index is 1.55. The van der Waals surface area contributed by atoms with Crippen molar-refractivity contribution in [3.8, 4) is 5.88 Å². The Morgan fingerprint density at radius 3 is 2.72 bits per heavy atom. The van der Waals surface area contributed by atoms with Crippen LogP contribution in [0.25, 0.3) is 22.6 Å². The minimum Gasteiger partial charge on any atom is -0.492 e. The first kappa shape index (κ1) is 30.6. The Hall–Kier alpha value is -3.81. The summed E-state index contributed by atoms with van der Waals surface area (Å²) in [5.74, 6) is -0.388. The van der Waals surface area contributed by atoms with Crippen molar-refractivity contribution in [2.45, 2.75) is 51.1 Å². The molecule has 2 atom stereocenters. The summed E-state index contributed by atoms with van der Waals surface area (Å²) < 4.78 is 47.4. The van der Waals surface area contributed by atoms with Gasteiger partial charge in [-0.1, -0.05) is 35.1 Å². The van der Waals surface area contributed by atoms with Crippen molar-refractivity contribution in [3.63, 3.8) is 0 Å². The number of carbonyl (C=O) groups excluding carboxylic acids is 1. The molecule has 228 valence electrons. The molecule has 0 spiro atoms. The van der Waals surface area contributed by atoms with Gasteiger partial charge >= 0.3 is 12.3 Å². The van der Waals surface area contributed by atoms with Crippen LogP contribution >= 0.6 is 22.9 Å². The molecule has 1 amide bonds. The molecule has 0 saturated carbocycles. The van der Waals surface area contributed by atoms with Gasteiger partial charge in [-0.15, -0.1) is 0 Å². The number of alkyl carbamates (subject to hydrolysis) is 1. The van der Waals surface area contributed by atoms with Gasteiger partial charge in [-0.05, 0) is 68.7 Å². The number of aromatic amines is 1. The fourth-order valence-electron chi connectivity index (χ4n) is 4.95. The van der Waals surface area contributed by atoms with Gasteiger partial charge in [0.05, 0.1) is 36.0 Å². The third kappa shape index (κ3) is 6.89. The van der Waals surface area contributed by atoms with E-state index in [-0.39, 0.29) is 40.5 Å². The second kappa shape index (κ2) is 11.7. The number of hydrogen-bond donors (Lipinski definition) is 4. The highest BCUT2D eigenvalue weighted by Gasteiger charge is 2.37. The zero-order valence-corrected chi connectivity index (χ0v) is 24.9. The maximum Gasteiger partial charge on any atom is 0.417 e. The van der Waals surface area contributed by atoms with Crippen LogP contribution in [0.1, 0.15) is 48.8 Å². The molecule has 4 N–H and O–H groups in total. The molecule has 1 aliphatic heterocycles. The number of amides is 1. The first-order chi connectivity index (χ1) is 20.2. The minimum atomic E-state index is -4.68. The fourth-order valence-corrected chi connectivity index (χ4v) is 6.20. The largest absolute Gasteiger partial charge is 0.492 e. The number of thiazole rings is 1. The Kier molecular flexibility index (Phi) is 8.34. The highest BCUT2D eigenvalue weighted by molar-refractivity contribution is 7.17. The van der Waals surface area contributed by atoms with E-state index in [1.165, 1.54) is 18.2 Å². The number of fused-ring (bicyclic) bond motifs is 1. The molecule has 5 rings (SSSR count). The SMILES string of the molecule is CC(C)(C)OC(=O)N[C@@H]1C[C@H](CO)N(c2nc(O)c(C(=Cc3ccc(Cl)cc3C(F)(F)F)c3ccc4[nH]ncc4c3)s2)C1. The van der Waals surface area contributed by atoms with Crippen molar-refractivity contribution in [3.05, 3.63) is 69.2 Å². The van der Waals surface area contributed by atoms with Crippen LogP contribution in [0, 0.1) is 0 Å². The number of nitrogens with zero attached hydrogens (tertiary/aromatic N) is 3. The molecule has 0 radical (unpaired) electrons. The summed E-state index contributed by atoms with van der Waals surface area (Å²) in [6.07, 6.45) is -1.95. The molecule has 1 fully saturated rings.